The molecule has 0 aliphatic rings. The van der Waals surface area contributed by atoms with Crippen LogP contribution in [0.4, 0.5) is 49.1 Å². The van der Waals surface area contributed by atoms with Crippen molar-refractivity contribution in [1.82, 2.24) is 4.57 Å². The van der Waals surface area contributed by atoms with Gasteiger partial charge in [-0.1, -0.05) is 146 Å². The van der Waals surface area contributed by atoms with Gasteiger partial charge in [0.25, 0.3) is 0 Å². The van der Waals surface area contributed by atoms with Crippen LogP contribution in [-0.2, 0) is 0 Å². The maximum absolute atomic E-state index is 2.44. The lowest BCUT2D eigenvalue weighted by Gasteiger charge is -2.24. The van der Waals surface area contributed by atoms with E-state index in [1.807, 2.05) is 22.7 Å². The van der Waals surface area contributed by atoms with Gasteiger partial charge in [0.15, 0.2) is 0 Å². The summed E-state index contributed by atoms with van der Waals surface area (Å²) < 4.78 is 2.44. The van der Waals surface area contributed by atoms with Gasteiger partial charge in [-0.05, 0) is 150 Å². The molecule has 0 unspecified atom stereocenters. The van der Waals surface area contributed by atoms with Crippen LogP contribution in [0.5, 0.6) is 0 Å². The summed E-state index contributed by atoms with van der Waals surface area (Å²) in [6.45, 7) is 0. The number of hydrogen-bond acceptors (Lipinski definition) is 6. The van der Waals surface area contributed by atoms with Crippen molar-refractivity contribution in [2.75, 3.05) is 14.7 Å². The highest BCUT2D eigenvalue weighted by Crippen LogP contribution is 2.48. The minimum atomic E-state index is 1.09. The van der Waals surface area contributed by atoms with Crippen molar-refractivity contribution in [3.63, 3.8) is 0 Å². The number of nitrogens with zero attached hydrogens (tertiary/aromatic N) is 4. The van der Waals surface area contributed by atoms with E-state index in [-0.39, 0.29) is 0 Å². The van der Waals surface area contributed by atoms with Gasteiger partial charge in [-0.15, -0.1) is 34.0 Å². The molecule has 13 aromatic rings. The van der Waals surface area contributed by atoms with Gasteiger partial charge < -0.3 is 19.3 Å². The van der Waals surface area contributed by atoms with Gasteiger partial charge in [0.1, 0.15) is 15.0 Å². The fourth-order valence-electron chi connectivity index (χ4n) is 9.86. The Morgan fingerprint density at radius 2 is 0.534 bits per heavy atom. The predicted octanol–water partition coefficient (Wildman–Crippen LogP) is 20.4. The minimum Gasteiger partial charge on any atom is -0.309 e. The van der Waals surface area contributed by atoms with Crippen LogP contribution >= 0.6 is 34.0 Å². The summed E-state index contributed by atoms with van der Waals surface area (Å²) in [6.07, 6.45) is 0. The van der Waals surface area contributed by atoms with E-state index < -0.39 is 0 Å². The highest BCUT2D eigenvalue weighted by molar-refractivity contribution is 7.20. The second kappa shape index (κ2) is 19.5. The van der Waals surface area contributed by atoms with Gasteiger partial charge in [0, 0.05) is 65.2 Å². The first-order valence-electron chi connectivity index (χ1n) is 24.4. The van der Waals surface area contributed by atoms with E-state index in [9.17, 15) is 0 Å². The van der Waals surface area contributed by atoms with Gasteiger partial charge in [-0.25, -0.2) is 0 Å². The Labute approximate surface area is 437 Å². The quantitative estimate of drug-likeness (QED) is 0.114. The Balaban J connectivity index is 0.977. The molecular formula is C66H46N4S3. The Bertz CT molecular complexity index is 3780. The standard InChI is InChI=1S/C66H46N4S3/c1-7-19-47(20-8-1)61-39-42-64(71-61)67(50-25-13-4-14-26-50)53-31-33-54(34-32-53)70-59-37-35-55(68(51-27-15-5-16-28-51)65-43-40-62(72-65)48-21-9-2-10-22-48)45-57(59)58-46-56(36-38-60(58)70)69(52-29-17-6-18-30-52)66-44-41-63(73-66)49-23-11-3-12-24-49/h1-46H. The normalized spacial score (nSPS) is 11.3. The molecule has 0 saturated heterocycles. The second-order valence-corrected chi connectivity index (χ2v) is 21.0. The van der Waals surface area contributed by atoms with Crippen LogP contribution in [0.2, 0.25) is 0 Å². The molecule has 73 heavy (non-hydrogen) atoms. The van der Waals surface area contributed by atoms with Crippen molar-refractivity contribution in [2.45, 2.75) is 0 Å². The van der Waals surface area contributed by atoms with E-state index in [4.69, 9.17) is 0 Å². The Kier molecular flexibility index (Phi) is 11.8. The van der Waals surface area contributed by atoms with Crippen LogP contribution in [0.25, 0.3) is 58.8 Å². The van der Waals surface area contributed by atoms with Crippen molar-refractivity contribution in [1.29, 1.82) is 0 Å². The summed E-state index contributed by atoms with van der Waals surface area (Å²) in [5.74, 6) is 0. The monoisotopic (exact) mass is 990 g/mol. The first-order chi connectivity index (χ1) is 36.2. The molecule has 4 aromatic heterocycles. The molecule has 0 N–H and O–H groups in total. The Morgan fingerprint density at radius 1 is 0.247 bits per heavy atom. The van der Waals surface area contributed by atoms with Crippen LogP contribution in [-0.4, -0.2) is 4.57 Å². The molecule has 4 nitrogen and oxygen atoms in total. The predicted molar refractivity (Wildman–Crippen MR) is 315 cm³/mol. The highest BCUT2D eigenvalue weighted by Gasteiger charge is 2.23. The number of fused-ring (bicyclic) bond motifs is 3. The molecule has 0 fully saturated rings. The second-order valence-electron chi connectivity index (χ2n) is 17.8. The smallest absolute Gasteiger partial charge is 0.101 e. The first kappa shape index (κ1) is 44.2. The molecule has 13 rings (SSSR count). The lowest BCUT2D eigenvalue weighted by Crippen LogP contribution is -2.08. The van der Waals surface area contributed by atoms with E-state index in [2.05, 4.69) is 298 Å². The maximum atomic E-state index is 2.44. The number of anilines is 9. The zero-order chi connectivity index (χ0) is 48.5. The lowest BCUT2D eigenvalue weighted by atomic mass is 10.1. The Hall–Kier alpha value is -8.72. The average molecular weight is 991 g/mol. The molecule has 0 saturated carbocycles. The van der Waals surface area contributed by atoms with Crippen molar-refractivity contribution in [3.8, 4) is 37.0 Å². The molecule has 0 bridgehead atoms. The summed E-state index contributed by atoms with van der Waals surface area (Å²) in [5, 5.41) is 5.79. The molecule has 4 heterocycles. The zero-order valence-electron chi connectivity index (χ0n) is 39.6. The third-order valence-electron chi connectivity index (χ3n) is 13.3. The van der Waals surface area contributed by atoms with Crippen molar-refractivity contribution >= 4 is 105 Å². The van der Waals surface area contributed by atoms with E-state index in [0.29, 0.717) is 0 Å². The molecule has 7 heteroatoms. The fraction of sp³-hybridized carbons (Fsp3) is 0. The van der Waals surface area contributed by atoms with Crippen LogP contribution in [0.15, 0.2) is 279 Å². The number of thiophene rings is 3. The highest BCUT2D eigenvalue weighted by atomic mass is 32.1. The first-order valence-corrected chi connectivity index (χ1v) is 26.9. The van der Waals surface area contributed by atoms with Gasteiger partial charge in [-0.2, -0.15) is 0 Å². The number of aromatic nitrogens is 1. The maximum Gasteiger partial charge on any atom is 0.101 e. The molecule has 0 aliphatic carbocycles. The number of para-hydroxylation sites is 3. The summed E-state index contributed by atoms with van der Waals surface area (Å²) in [5.41, 5.74) is 13.6. The van der Waals surface area contributed by atoms with E-state index in [1.165, 1.54) is 42.1 Å². The van der Waals surface area contributed by atoms with Crippen LogP contribution < -0.4 is 14.7 Å². The molecule has 0 amide bonds. The van der Waals surface area contributed by atoms with E-state index in [1.54, 1.807) is 11.3 Å². The third-order valence-corrected chi connectivity index (χ3v) is 16.6. The molecule has 0 radical (unpaired) electrons. The number of hydrogen-bond donors (Lipinski definition) is 0. The molecule has 0 atom stereocenters. The summed E-state index contributed by atoms with van der Waals surface area (Å²) >= 11 is 5.42. The van der Waals surface area contributed by atoms with Crippen LogP contribution in [0, 0.1) is 0 Å². The summed E-state index contributed by atoms with van der Waals surface area (Å²) in [4.78, 5) is 10.9. The SMILES string of the molecule is c1ccc(-c2ccc(N(c3ccccc3)c3ccc(-n4c5ccc(N(c6ccccc6)c6ccc(-c7ccccc7)s6)cc5c5cc(N(c6ccccc6)c6ccc(-c7ccccc7)s6)ccc54)cc3)s2)cc1. The van der Waals surface area contributed by atoms with Crippen molar-refractivity contribution < 1.29 is 0 Å². The molecule has 9 aromatic carbocycles. The van der Waals surface area contributed by atoms with Gasteiger partial charge >= 0.3 is 0 Å². The lowest BCUT2D eigenvalue weighted by molar-refractivity contribution is 1.17. The summed E-state index contributed by atoms with van der Waals surface area (Å²) in [6, 6.07) is 101. The third kappa shape index (κ3) is 8.59. The van der Waals surface area contributed by atoms with Crippen LogP contribution in [0.3, 0.4) is 0 Å². The van der Waals surface area contributed by atoms with Gasteiger partial charge in [0.2, 0.25) is 0 Å². The molecular weight excluding hydrogens is 945 g/mol. The fourth-order valence-corrected chi connectivity index (χ4v) is 13.0. The van der Waals surface area contributed by atoms with Crippen LogP contribution in [0.1, 0.15) is 0 Å². The van der Waals surface area contributed by atoms with Gasteiger partial charge in [-0.3, -0.25) is 0 Å². The topological polar surface area (TPSA) is 14.7 Å². The van der Waals surface area contributed by atoms with Gasteiger partial charge in [0.05, 0.1) is 11.0 Å². The van der Waals surface area contributed by atoms with Crippen molar-refractivity contribution in [2.24, 2.45) is 0 Å². The van der Waals surface area contributed by atoms with E-state index >= 15 is 0 Å². The average Bonchev–Trinajstić information content (AvgIpc) is 4.31. The number of rotatable bonds is 13. The largest absolute Gasteiger partial charge is 0.309 e. The molecule has 348 valence electrons. The summed E-state index contributed by atoms with van der Waals surface area (Å²) in [7, 11) is 0. The zero-order valence-corrected chi connectivity index (χ0v) is 42.0. The van der Waals surface area contributed by atoms with E-state index in [0.717, 1.165) is 65.8 Å². The minimum absolute atomic E-state index is 1.09. The molecule has 0 spiro atoms. The number of benzene rings is 9. The molecule has 0 aliphatic heterocycles. The van der Waals surface area contributed by atoms with Crippen molar-refractivity contribution in [3.05, 3.63) is 279 Å². The Morgan fingerprint density at radius 3 is 0.877 bits per heavy atom.